The van der Waals surface area contributed by atoms with Crippen LogP contribution in [0, 0.1) is 5.92 Å². The fourth-order valence-corrected chi connectivity index (χ4v) is 1.85. The van der Waals surface area contributed by atoms with E-state index in [0.717, 1.165) is 10.9 Å². The van der Waals surface area contributed by atoms with E-state index in [1.807, 2.05) is 18.2 Å². The highest BCUT2D eigenvalue weighted by Gasteiger charge is 2.14. The second-order valence-electron chi connectivity index (χ2n) is 3.43. The topological polar surface area (TPSA) is 26.0 Å². The first-order valence-corrected chi connectivity index (χ1v) is 5.46. The molecule has 0 saturated carbocycles. The summed E-state index contributed by atoms with van der Waals surface area (Å²) in [5.74, 6) is 0.527. The fraction of sp³-hybridized carbons (Fsp3) is 0.455. The summed E-state index contributed by atoms with van der Waals surface area (Å²) in [4.78, 5) is 0. The predicted octanol–water partition coefficient (Wildman–Crippen LogP) is 3.92. The average Bonchev–Trinajstić information content (AvgIpc) is 2.16. The van der Waals surface area contributed by atoms with Crippen molar-refractivity contribution in [1.29, 1.82) is 0 Å². The molecule has 0 spiro atoms. The van der Waals surface area contributed by atoms with Crippen LogP contribution in [0.2, 0.25) is 0 Å². The molecule has 1 nitrogen and oxygen atoms in total. The Balaban J connectivity index is 0.00000169. The summed E-state index contributed by atoms with van der Waals surface area (Å²) < 4.78 is 1.11. The summed E-state index contributed by atoms with van der Waals surface area (Å²) in [6, 6.07) is 8.30. The van der Waals surface area contributed by atoms with Crippen LogP contribution in [-0.4, -0.2) is 0 Å². The first kappa shape index (κ1) is 13.9. The zero-order valence-corrected chi connectivity index (χ0v) is 10.9. The summed E-state index contributed by atoms with van der Waals surface area (Å²) in [6.45, 7) is 4.35. The second kappa shape index (κ2) is 6.44. The van der Waals surface area contributed by atoms with E-state index in [4.69, 9.17) is 5.73 Å². The van der Waals surface area contributed by atoms with Crippen molar-refractivity contribution in [2.75, 3.05) is 0 Å². The monoisotopic (exact) mass is 277 g/mol. The zero-order chi connectivity index (χ0) is 9.84. The molecule has 2 atom stereocenters. The van der Waals surface area contributed by atoms with Gasteiger partial charge in [-0.25, -0.2) is 0 Å². The molecule has 0 fully saturated rings. The molecule has 0 saturated heterocycles. The fourth-order valence-electron chi connectivity index (χ4n) is 1.31. The van der Waals surface area contributed by atoms with Gasteiger partial charge in [0.1, 0.15) is 0 Å². The third-order valence-corrected chi connectivity index (χ3v) is 3.24. The lowest BCUT2D eigenvalue weighted by Crippen LogP contribution is -2.18. The standard InChI is InChI=1S/C11H16BrN.ClH/c1-3-8(2)11(13)9-6-4-5-7-10(9)12;/h4-8,11H,3,13H2,1-2H3;1H/t8?,11-;/m0./s1. The molecule has 0 aromatic heterocycles. The van der Waals surface area contributed by atoms with Gasteiger partial charge in [0.25, 0.3) is 0 Å². The first-order valence-electron chi connectivity index (χ1n) is 4.66. The number of benzene rings is 1. The van der Waals surface area contributed by atoms with Crippen molar-refractivity contribution in [3.8, 4) is 0 Å². The molecule has 0 aliphatic rings. The van der Waals surface area contributed by atoms with Gasteiger partial charge < -0.3 is 5.73 Å². The van der Waals surface area contributed by atoms with Gasteiger partial charge in [-0.1, -0.05) is 54.4 Å². The molecular formula is C11H17BrClN. The van der Waals surface area contributed by atoms with E-state index in [1.165, 1.54) is 5.56 Å². The van der Waals surface area contributed by atoms with Gasteiger partial charge in [0.15, 0.2) is 0 Å². The molecule has 1 unspecified atom stereocenters. The van der Waals surface area contributed by atoms with Crippen LogP contribution in [0.1, 0.15) is 31.9 Å². The van der Waals surface area contributed by atoms with Crippen LogP contribution in [0.5, 0.6) is 0 Å². The van der Waals surface area contributed by atoms with Gasteiger partial charge in [0, 0.05) is 10.5 Å². The lowest BCUT2D eigenvalue weighted by molar-refractivity contribution is 0.455. The van der Waals surface area contributed by atoms with Crippen molar-refractivity contribution < 1.29 is 0 Å². The molecule has 1 rings (SSSR count). The Labute approximate surface area is 101 Å². The van der Waals surface area contributed by atoms with Crippen molar-refractivity contribution in [1.82, 2.24) is 0 Å². The molecule has 0 heterocycles. The Morgan fingerprint density at radius 2 is 1.93 bits per heavy atom. The molecule has 1 aromatic rings. The SMILES string of the molecule is CCC(C)[C@H](N)c1ccccc1Br.Cl. The lowest BCUT2D eigenvalue weighted by Gasteiger charge is -2.19. The zero-order valence-electron chi connectivity index (χ0n) is 8.53. The van der Waals surface area contributed by atoms with Gasteiger partial charge in [0.2, 0.25) is 0 Å². The van der Waals surface area contributed by atoms with E-state index in [0.29, 0.717) is 5.92 Å². The van der Waals surface area contributed by atoms with Crippen molar-refractivity contribution in [2.24, 2.45) is 11.7 Å². The van der Waals surface area contributed by atoms with Crippen LogP contribution in [0.3, 0.4) is 0 Å². The lowest BCUT2D eigenvalue weighted by atomic mass is 9.93. The predicted molar refractivity (Wildman–Crippen MR) is 67.8 cm³/mol. The molecule has 0 aliphatic carbocycles. The molecule has 0 bridgehead atoms. The minimum atomic E-state index is 0. The van der Waals surface area contributed by atoms with Crippen LogP contribution >= 0.6 is 28.3 Å². The smallest absolute Gasteiger partial charge is 0.0332 e. The van der Waals surface area contributed by atoms with Crippen LogP contribution in [-0.2, 0) is 0 Å². The number of halogens is 2. The van der Waals surface area contributed by atoms with Crippen LogP contribution < -0.4 is 5.73 Å². The highest BCUT2D eigenvalue weighted by molar-refractivity contribution is 9.10. The van der Waals surface area contributed by atoms with Crippen LogP contribution in [0.15, 0.2) is 28.7 Å². The first-order chi connectivity index (χ1) is 6.16. The van der Waals surface area contributed by atoms with Crippen LogP contribution in [0.25, 0.3) is 0 Å². The van der Waals surface area contributed by atoms with Crippen molar-refractivity contribution in [3.05, 3.63) is 34.3 Å². The van der Waals surface area contributed by atoms with Gasteiger partial charge in [-0.2, -0.15) is 0 Å². The minimum absolute atomic E-state index is 0. The molecule has 0 aliphatic heterocycles. The maximum atomic E-state index is 6.12. The van der Waals surface area contributed by atoms with Gasteiger partial charge in [-0.3, -0.25) is 0 Å². The maximum Gasteiger partial charge on any atom is 0.0332 e. The molecule has 80 valence electrons. The molecule has 0 radical (unpaired) electrons. The van der Waals surface area contributed by atoms with Crippen molar-refractivity contribution in [2.45, 2.75) is 26.3 Å². The number of rotatable bonds is 3. The van der Waals surface area contributed by atoms with E-state index in [-0.39, 0.29) is 18.4 Å². The maximum absolute atomic E-state index is 6.12. The van der Waals surface area contributed by atoms with E-state index < -0.39 is 0 Å². The van der Waals surface area contributed by atoms with Gasteiger partial charge in [-0.05, 0) is 17.5 Å². The average molecular weight is 279 g/mol. The molecular weight excluding hydrogens is 261 g/mol. The molecule has 14 heavy (non-hydrogen) atoms. The number of hydrogen-bond donors (Lipinski definition) is 1. The highest BCUT2D eigenvalue weighted by Crippen LogP contribution is 2.27. The third kappa shape index (κ3) is 3.26. The van der Waals surface area contributed by atoms with Gasteiger partial charge in [-0.15, -0.1) is 12.4 Å². The summed E-state index contributed by atoms with van der Waals surface area (Å²) in [6.07, 6.45) is 1.11. The highest BCUT2D eigenvalue weighted by atomic mass is 79.9. The Kier molecular flexibility index (Phi) is 6.41. The molecule has 0 amide bonds. The van der Waals surface area contributed by atoms with E-state index in [1.54, 1.807) is 0 Å². The van der Waals surface area contributed by atoms with Gasteiger partial charge in [0.05, 0.1) is 0 Å². The third-order valence-electron chi connectivity index (χ3n) is 2.52. The number of hydrogen-bond acceptors (Lipinski definition) is 1. The Bertz CT molecular complexity index is 278. The minimum Gasteiger partial charge on any atom is -0.324 e. The van der Waals surface area contributed by atoms with E-state index >= 15 is 0 Å². The summed E-state index contributed by atoms with van der Waals surface area (Å²) in [5, 5.41) is 0. The Hall–Kier alpha value is -0.0500. The molecule has 3 heteroatoms. The van der Waals surface area contributed by atoms with Crippen LogP contribution in [0.4, 0.5) is 0 Å². The molecule has 2 N–H and O–H groups in total. The number of nitrogens with two attached hydrogens (primary N) is 1. The Morgan fingerprint density at radius 1 is 1.36 bits per heavy atom. The largest absolute Gasteiger partial charge is 0.324 e. The van der Waals surface area contributed by atoms with E-state index in [2.05, 4.69) is 35.8 Å². The quantitative estimate of drug-likeness (QED) is 0.891. The van der Waals surface area contributed by atoms with Crippen molar-refractivity contribution in [3.63, 3.8) is 0 Å². The summed E-state index contributed by atoms with van der Waals surface area (Å²) in [7, 11) is 0. The normalized spacial score (nSPS) is 14.3. The summed E-state index contributed by atoms with van der Waals surface area (Å²) >= 11 is 3.51. The van der Waals surface area contributed by atoms with E-state index in [9.17, 15) is 0 Å². The molecule has 1 aromatic carbocycles. The van der Waals surface area contributed by atoms with Crippen molar-refractivity contribution >= 4 is 28.3 Å². The second-order valence-corrected chi connectivity index (χ2v) is 4.29. The Morgan fingerprint density at radius 3 is 2.43 bits per heavy atom. The summed E-state index contributed by atoms with van der Waals surface area (Å²) in [5.41, 5.74) is 7.33. The van der Waals surface area contributed by atoms with Gasteiger partial charge >= 0.3 is 0 Å².